The summed E-state index contributed by atoms with van der Waals surface area (Å²) in [6, 6.07) is 6.08. The van der Waals surface area contributed by atoms with Gasteiger partial charge in [0.05, 0.1) is 18.9 Å². The summed E-state index contributed by atoms with van der Waals surface area (Å²) in [4.78, 5) is 14.7. The molecule has 0 atom stereocenters. The maximum Gasteiger partial charge on any atom is 0.292 e. The molecule has 1 spiro atoms. The minimum atomic E-state index is -1.17. The van der Waals surface area contributed by atoms with E-state index in [0.717, 1.165) is 36.2 Å². The van der Waals surface area contributed by atoms with Crippen molar-refractivity contribution in [2.45, 2.75) is 45.3 Å². The number of carbonyl (C=O) groups excluding carboxylic acids is 1. The van der Waals surface area contributed by atoms with Crippen molar-refractivity contribution in [1.82, 2.24) is 0 Å². The van der Waals surface area contributed by atoms with E-state index >= 15 is 0 Å². The van der Waals surface area contributed by atoms with Gasteiger partial charge in [-0.1, -0.05) is 37.8 Å². The number of hydrogen-bond acceptors (Lipinski definition) is 3. The van der Waals surface area contributed by atoms with Crippen molar-refractivity contribution >= 4 is 11.6 Å². The number of carbonyl (C=O) groups is 1. The Morgan fingerprint density at radius 1 is 1.19 bits per heavy atom. The lowest BCUT2D eigenvalue weighted by Gasteiger charge is -2.22. The fourth-order valence-electron chi connectivity index (χ4n) is 3.16. The molecule has 0 unspecified atom stereocenters. The van der Waals surface area contributed by atoms with Crippen molar-refractivity contribution < 1.29 is 14.3 Å². The molecule has 1 fully saturated rings. The standard InChI is InChI=1S/C17H23NO3/c1-3-4-5-6-9-18-15-8-7-13(2)12-14(15)17(16(18)19)20-10-11-21-17/h7-8,12H,3-6,9-11H2,1-2H3. The third-order valence-electron chi connectivity index (χ3n) is 4.25. The Labute approximate surface area is 126 Å². The van der Waals surface area contributed by atoms with Gasteiger partial charge in [-0.05, 0) is 25.5 Å². The molecular weight excluding hydrogens is 266 g/mol. The second-order valence-electron chi connectivity index (χ2n) is 5.85. The SMILES string of the molecule is CCCCCCN1C(=O)C2(OCCO2)c2cc(C)ccc21. The first-order valence-corrected chi connectivity index (χ1v) is 7.90. The third kappa shape index (κ3) is 2.36. The number of nitrogens with zero attached hydrogens (tertiary/aromatic N) is 1. The van der Waals surface area contributed by atoms with Crippen LogP contribution in [0.1, 0.15) is 43.7 Å². The number of benzene rings is 1. The summed E-state index contributed by atoms with van der Waals surface area (Å²) >= 11 is 0. The van der Waals surface area contributed by atoms with Crippen LogP contribution in [0.2, 0.25) is 0 Å². The zero-order valence-corrected chi connectivity index (χ0v) is 12.9. The predicted molar refractivity (Wildman–Crippen MR) is 81.3 cm³/mol. The molecule has 4 nitrogen and oxygen atoms in total. The Bertz CT molecular complexity index is 535. The Kier molecular flexibility index (Phi) is 4.00. The van der Waals surface area contributed by atoms with E-state index in [1.54, 1.807) is 0 Å². The fourth-order valence-corrected chi connectivity index (χ4v) is 3.16. The highest BCUT2D eigenvalue weighted by Crippen LogP contribution is 2.46. The number of anilines is 1. The highest BCUT2D eigenvalue weighted by atomic mass is 16.7. The molecule has 2 aliphatic rings. The highest BCUT2D eigenvalue weighted by Gasteiger charge is 2.55. The number of hydrogen-bond donors (Lipinski definition) is 0. The first kappa shape index (κ1) is 14.5. The van der Waals surface area contributed by atoms with Crippen LogP contribution < -0.4 is 4.90 Å². The number of unbranched alkanes of at least 4 members (excludes halogenated alkanes) is 3. The molecule has 21 heavy (non-hydrogen) atoms. The predicted octanol–water partition coefficient (Wildman–Crippen LogP) is 3.12. The molecule has 0 aliphatic carbocycles. The van der Waals surface area contributed by atoms with Crippen LogP contribution in [0.25, 0.3) is 0 Å². The maximum absolute atomic E-state index is 12.8. The van der Waals surface area contributed by atoms with Crippen molar-refractivity contribution in [3.05, 3.63) is 29.3 Å². The average molecular weight is 289 g/mol. The van der Waals surface area contributed by atoms with E-state index in [4.69, 9.17) is 9.47 Å². The number of amides is 1. The van der Waals surface area contributed by atoms with Gasteiger partial charge in [-0.15, -0.1) is 0 Å². The number of rotatable bonds is 5. The van der Waals surface area contributed by atoms with E-state index in [9.17, 15) is 4.79 Å². The fraction of sp³-hybridized carbons (Fsp3) is 0.588. The summed E-state index contributed by atoms with van der Waals surface area (Å²) in [5, 5.41) is 0. The molecule has 1 aromatic rings. The van der Waals surface area contributed by atoms with E-state index < -0.39 is 5.79 Å². The van der Waals surface area contributed by atoms with Crippen molar-refractivity contribution in [2.24, 2.45) is 0 Å². The van der Waals surface area contributed by atoms with Gasteiger partial charge in [-0.2, -0.15) is 0 Å². The molecule has 114 valence electrons. The lowest BCUT2D eigenvalue weighted by Crippen LogP contribution is -2.41. The molecule has 2 heterocycles. The van der Waals surface area contributed by atoms with Crippen LogP contribution in [0.15, 0.2) is 18.2 Å². The molecular formula is C17H23NO3. The van der Waals surface area contributed by atoms with Gasteiger partial charge in [0.2, 0.25) is 0 Å². The molecule has 0 radical (unpaired) electrons. The quantitative estimate of drug-likeness (QED) is 0.782. The molecule has 1 amide bonds. The van der Waals surface area contributed by atoms with Crippen LogP contribution in [0.5, 0.6) is 0 Å². The summed E-state index contributed by atoms with van der Waals surface area (Å²) < 4.78 is 11.5. The largest absolute Gasteiger partial charge is 0.336 e. The Balaban J connectivity index is 1.88. The van der Waals surface area contributed by atoms with E-state index in [1.165, 1.54) is 12.8 Å². The van der Waals surface area contributed by atoms with Crippen LogP contribution in [-0.2, 0) is 20.1 Å². The zero-order chi connectivity index (χ0) is 14.9. The van der Waals surface area contributed by atoms with Gasteiger partial charge in [0.15, 0.2) is 0 Å². The summed E-state index contributed by atoms with van der Waals surface area (Å²) in [5.74, 6) is -1.23. The maximum atomic E-state index is 12.8. The van der Waals surface area contributed by atoms with Crippen molar-refractivity contribution in [3.8, 4) is 0 Å². The zero-order valence-electron chi connectivity index (χ0n) is 12.9. The van der Waals surface area contributed by atoms with Crippen molar-refractivity contribution in [2.75, 3.05) is 24.7 Å². The summed E-state index contributed by atoms with van der Waals surface area (Å²) in [6.45, 7) is 5.90. The summed E-state index contributed by atoms with van der Waals surface area (Å²) in [7, 11) is 0. The van der Waals surface area contributed by atoms with E-state index in [-0.39, 0.29) is 5.91 Å². The van der Waals surface area contributed by atoms with Gasteiger partial charge in [-0.3, -0.25) is 4.79 Å². The molecule has 0 bridgehead atoms. The van der Waals surface area contributed by atoms with Crippen LogP contribution in [-0.4, -0.2) is 25.7 Å². The summed E-state index contributed by atoms with van der Waals surface area (Å²) in [6.07, 6.45) is 4.57. The Hall–Kier alpha value is -1.39. The normalized spacial score (nSPS) is 19.5. The molecule has 0 aromatic heterocycles. The average Bonchev–Trinajstić information content (AvgIpc) is 3.05. The van der Waals surface area contributed by atoms with Gasteiger partial charge < -0.3 is 14.4 Å². The Morgan fingerprint density at radius 3 is 2.67 bits per heavy atom. The van der Waals surface area contributed by atoms with Crippen LogP contribution in [0.3, 0.4) is 0 Å². The molecule has 2 aliphatic heterocycles. The first-order valence-electron chi connectivity index (χ1n) is 7.90. The first-order chi connectivity index (χ1) is 10.2. The lowest BCUT2D eigenvalue weighted by atomic mass is 10.0. The topological polar surface area (TPSA) is 38.8 Å². The third-order valence-corrected chi connectivity index (χ3v) is 4.25. The Morgan fingerprint density at radius 2 is 1.95 bits per heavy atom. The molecule has 0 N–H and O–H groups in total. The van der Waals surface area contributed by atoms with Gasteiger partial charge in [-0.25, -0.2) is 0 Å². The molecule has 3 rings (SSSR count). The van der Waals surface area contributed by atoms with Crippen LogP contribution in [0.4, 0.5) is 5.69 Å². The molecule has 1 aromatic carbocycles. The van der Waals surface area contributed by atoms with E-state index in [2.05, 4.69) is 6.92 Å². The second kappa shape index (κ2) is 5.78. The van der Waals surface area contributed by atoms with Gasteiger partial charge in [0.25, 0.3) is 11.7 Å². The van der Waals surface area contributed by atoms with E-state index in [0.29, 0.717) is 13.2 Å². The van der Waals surface area contributed by atoms with Gasteiger partial charge >= 0.3 is 0 Å². The summed E-state index contributed by atoms with van der Waals surface area (Å²) in [5.41, 5.74) is 2.94. The molecule has 0 saturated carbocycles. The van der Waals surface area contributed by atoms with Crippen LogP contribution >= 0.6 is 0 Å². The number of fused-ring (bicyclic) bond motifs is 2. The monoisotopic (exact) mass is 289 g/mol. The van der Waals surface area contributed by atoms with Crippen molar-refractivity contribution in [1.29, 1.82) is 0 Å². The van der Waals surface area contributed by atoms with Crippen molar-refractivity contribution in [3.63, 3.8) is 0 Å². The van der Waals surface area contributed by atoms with Crippen LogP contribution in [0, 0.1) is 6.92 Å². The molecule has 4 heteroatoms. The minimum absolute atomic E-state index is 0.0582. The highest BCUT2D eigenvalue weighted by molar-refractivity contribution is 6.06. The van der Waals surface area contributed by atoms with Gasteiger partial charge in [0, 0.05) is 12.1 Å². The minimum Gasteiger partial charge on any atom is -0.336 e. The molecule has 1 saturated heterocycles. The second-order valence-corrected chi connectivity index (χ2v) is 5.85. The van der Waals surface area contributed by atoms with Gasteiger partial charge in [0.1, 0.15) is 0 Å². The lowest BCUT2D eigenvalue weighted by molar-refractivity contribution is -0.180. The number of ether oxygens (including phenoxy) is 2. The smallest absolute Gasteiger partial charge is 0.292 e. The van der Waals surface area contributed by atoms with E-state index in [1.807, 2.05) is 30.0 Å². The number of aryl methyl sites for hydroxylation is 1.